The Labute approximate surface area is 234 Å². The normalized spacial score (nSPS) is 14.0. The van der Waals surface area contributed by atoms with Crippen LogP contribution in [0.2, 0.25) is 0 Å². The van der Waals surface area contributed by atoms with E-state index in [2.05, 4.69) is 10.8 Å². The SMILES string of the molecule is COc1ccc(S(=O)(=O)NCCCC(CCN2C(=O)c3ccccc3C2=O)c2cc(C)c3ccccc3n2)cc1. The summed E-state index contributed by atoms with van der Waals surface area (Å²) >= 11 is 0. The second-order valence-electron chi connectivity index (χ2n) is 9.89. The summed E-state index contributed by atoms with van der Waals surface area (Å²) in [6, 6.07) is 23.1. The molecule has 206 valence electrons. The summed E-state index contributed by atoms with van der Waals surface area (Å²) < 4.78 is 33.3. The van der Waals surface area contributed by atoms with Crippen molar-refractivity contribution in [3.63, 3.8) is 0 Å². The van der Waals surface area contributed by atoms with E-state index in [1.54, 1.807) is 36.4 Å². The third kappa shape index (κ3) is 5.61. The molecule has 0 bridgehead atoms. The molecule has 1 N–H and O–H groups in total. The van der Waals surface area contributed by atoms with Gasteiger partial charge in [-0.25, -0.2) is 13.1 Å². The van der Waals surface area contributed by atoms with Crippen LogP contribution >= 0.6 is 0 Å². The molecule has 1 aromatic heterocycles. The molecule has 1 unspecified atom stereocenters. The van der Waals surface area contributed by atoms with E-state index < -0.39 is 10.0 Å². The van der Waals surface area contributed by atoms with Crippen LogP contribution < -0.4 is 9.46 Å². The highest BCUT2D eigenvalue weighted by Gasteiger charge is 2.35. The maximum Gasteiger partial charge on any atom is 0.261 e. The quantitative estimate of drug-likeness (QED) is 0.204. The number of imide groups is 1. The Morgan fingerprint density at radius 1 is 0.900 bits per heavy atom. The third-order valence-electron chi connectivity index (χ3n) is 7.33. The van der Waals surface area contributed by atoms with Crippen molar-refractivity contribution in [1.29, 1.82) is 0 Å². The lowest BCUT2D eigenvalue weighted by Crippen LogP contribution is -2.31. The number of hydrogen-bond acceptors (Lipinski definition) is 6. The maximum absolute atomic E-state index is 12.9. The Kier molecular flexibility index (Phi) is 7.95. The smallest absolute Gasteiger partial charge is 0.261 e. The monoisotopic (exact) mass is 557 g/mol. The molecule has 0 spiro atoms. The summed E-state index contributed by atoms with van der Waals surface area (Å²) in [6.45, 7) is 2.53. The van der Waals surface area contributed by atoms with Crippen LogP contribution in [-0.2, 0) is 10.0 Å². The third-order valence-corrected chi connectivity index (χ3v) is 8.81. The minimum Gasteiger partial charge on any atom is -0.497 e. The van der Waals surface area contributed by atoms with Gasteiger partial charge in [0.15, 0.2) is 0 Å². The first-order valence-electron chi connectivity index (χ1n) is 13.2. The Balaban J connectivity index is 1.31. The fraction of sp³-hybridized carbons (Fsp3) is 0.258. The number of amides is 2. The second kappa shape index (κ2) is 11.6. The van der Waals surface area contributed by atoms with Gasteiger partial charge in [0, 0.05) is 30.1 Å². The van der Waals surface area contributed by atoms with Gasteiger partial charge in [0.05, 0.1) is 28.6 Å². The fourth-order valence-electron chi connectivity index (χ4n) is 5.15. The number of benzene rings is 3. The summed E-state index contributed by atoms with van der Waals surface area (Å²) in [7, 11) is -2.15. The molecule has 0 saturated carbocycles. The molecule has 0 radical (unpaired) electrons. The van der Waals surface area contributed by atoms with Gasteiger partial charge in [-0.2, -0.15) is 0 Å². The average molecular weight is 558 g/mol. The van der Waals surface area contributed by atoms with Crippen LogP contribution in [0.15, 0.2) is 83.8 Å². The van der Waals surface area contributed by atoms with Crippen LogP contribution in [0.5, 0.6) is 5.75 Å². The van der Waals surface area contributed by atoms with Crippen LogP contribution in [0, 0.1) is 6.92 Å². The Morgan fingerprint density at radius 3 is 2.23 bits per heavy atom. The van der Waals surface area contributed by atoms with Gasteiger partial charge in [0.25, 0.3) is 11.8 Å². The summed E-state index contributed by atoms with van der Waals surface area (Å²) in [5.41, 5.74) is 3.69. The lowest BCUT2D eigenvalue weighted by Gasteiger charge is -2.21. The lowest BCUT2D eigenvalue weighted by molar-refractivity contribution is 0.0649. The van der Waals surface area contributed by atoms with Gasteiger partial charge >= 0.3 is 0 Å². The molecule has 4 aromatic rings. The Bertz CT molecular complexity index is 1630. The molecular formula is C31H31N3O5S. The number of para-hydroxylation sites is 1. The summed E-state index contributed by atoms with van der Waals surface area (Å²) in [6.07, 6.45) is 1.69. The van der Waals surface area contributed by atoms with Crippen molar-refractivity contribution in [2.75, 3.05) is 20.2 Å². The first-order valence-corrected chi connectivity index (χ1v) is 14.7. The predicted octanol–water partition coefficient (Wildman–Crippen LogP) is 5.08. The number of sulfonamides is 1. The molecule has 0 fully saturated rings. The zero-order valence-electron chi connectivity index (χ0n) is 22.5. The number of rotatable bonds is 11. The molecule has 0 aliphatic carbocycles. The number of nitrogens with one attached hydrogen (secondary N) is 1. The van der Waals surface area contributed by atoms with Crippen molar-refractivity contribution in [3.8, 4) is 5.75 Å². The fourth-order valence-corrected chi connectivity index (χ4v) is 6.22. The minimum atomic E-state index is -3.67. The second-order valence-corrected chi connectivity index (χ2v) is 11.7. The predicted molar refractivity (Wildman–Crippen MR) is 153 cm³/mol. The number of aryl methyl sites for hydroxylation is 1. The van der Waals surface area contributed by atoms with Crippen molar-refractivity contribution < 1.29 is 22.7 Å². The average Bonchev–Trinajstić information content (AvgIpc) is 3.21. The largest absolute Gasteiger partial charge is 0.497 e. The molecule has 1 aliphatic rings. The van der Waals surface area contributed by atoms with E-state index in [-0.39, 0.29) is 35.7 Å². The number of pyridine rings is 1. The minimum absolute atomic E-state index is 0.0851. The van der Waals surface area contributed by atoms with E-state index >= 15 is 0 Å². The molecule has 40 heavy (non-hydrogen) atoms. The van der Waals surface area contributed by atoms with Crippen LogP contribution in [0.3, 0.4) is 0 Å². The number of nitrogens with zero attached hydrogens (tertiary/aromatic N) is 2. The van der Waals surface area contributed by atoms with Gasteiger partial charge in [-0.1, -0.05) is 30.3 Å². The summed E-state index contributed by atoms with van der Waals surface area (Å²) in [4.78, 5) is 32.3. The van der Waals surface area contributed by atoms with Crippen LogP contribution in [0.1, 0.15) is 57.2 Å². The first-order chi connectivity index (χ1) is 19.3. The molecule has 2 heterocycles. The first kappa shape index (κ1) is 27.5. The molecular weight excluding hydrogens is 526 g/mol. The highest BCUT2D eigenvalue weighted by Crippen LogP contribution is 2.30. The van der Waals surface area contributed by atoms with Crippen LogP contribution in [0.4, 0.5) is 0 Å². The van der Waals surface area contributed by atoms with Crippen LogP contribution in [0.25, 0.3) is 10.9 Å². The molecule has 1 atom stereocenters. The highest BCUT2D eigenvalue weighted by atomic mass is 32.2. The van der Waals surface area contributed by atoms with Gasteiger partial charge in [0.2, 0.25) is 10.0 Å². The highest BCUT2D eigenvalue weighted by molar-refractivity contribution is 7.89. The molecule has 0 saturated heterocycles. The number of carbonyl (C=O) groups excluding carboxylic acids is 2. The van der Waals surface area contributed by atoms with Gasteiger partial charge in [0.1, 0.15) is 5.75 Å². The zero-order valence-corrected chi connectivity index (χ0v) is 23.3. The van der Waals surface area contributed by atoms with E-state index in [1.807, 2.05) is 31.2 Å². The molecule has 3 aromatic carbocycles. The van der Waals surface area contributed by atoms with E-state index in [1.165, 1.54) is 24.1 Å². The molecule has 5 rings (SSSR count). The van der Waals surface area contributed by atoms with Crippen LogP contribution in [-0.4, -0.2) is 50.3 Å². The van der Waals surface area contributed by atoms with Crippen molar-refractivity contribution in [3.05, 3.63) is 101 Å². The van der Waals surface area contributed by atoms with Gasteiger partial charge in [-0.05, 0) is 80.3 Å². The maximum atomic E-state index is 12.9. The van der Waals surface area contributed by atoms with Crippen molar-refractivity contribution in [2.45, 2.75) is 37.0 Å². The van der Waals surface area contributed by atoms with E-state index in [0.717, 1.165) is 22.2 Å². The number of ether oxygens (including phenoxy) is 1. The molecule has 8 nitrogen and oxygen atoms in total. The molecule has 1 aliphatic heterocycles. The Morgan fingerprint density at radius 2 is 1.55 bits per heavy atom. The van der Waals surface area contributed by atoms with E-state index in [4.69, 9.17) is 9.72 Å². The topological polar surface area (TPSA) is 106 Å². The Hall–Kier alpha value is -4.08. The number of hydrogen-bond donors (Lipinski definition) is 1. The number of aromatic nitrogens is 1. The summed E-state index contributed by atoms with van der Waals surface area (Å²) in [5, 5.41) is 1.07. The van der Waals surface area contributed by atoms with E-state index in [0.29, 0.717) is 36.1 Å². The number of fused-ring (bicyclic) bond motifs is 2. The van der Waals surface area contributed by atoms with Gasteiger partial charge < -0.3 is 4.74 Å². The lowest BCUT2D eigenvalue weighted by atomic mass is 9.93. The number of methoxy groups -OCH3 is 1. The number of carbonyl (C=O) groups is 2. The van der Waals surface area contributed by atoms with Crippen molar-refractivity contribution >= 4 is 32.7 Å². The van der Waals surface area contributed by atoms with Crippen molar-refractivity contribution in [1.82, 2.24) is 14.6 Å². The molecule has 9 heteroatoms. The van der Waals surface area contributed by atoms with Gasteiger partial charge in [-0.15, -0.1) is 0 Å². The van der Waals surface area contributed by atoms with Crippen molar-refractivity contribution in [2.24, 2.45) is 0 Å². The zero-order chi connectivity index (χ0) is 28.3. The van der Waals surface area contributed by atoms with E-state index in [9.17, 15) is 18.0 Å². The molecule has 2 amide bonds. The van der Waals surface area contributed by atoms with Gasteiger partial charge in [-0.3, -0.25) is 19.5 Å². The summed E-state index contributed by atoms with van der Waals surface area (Å²) in [5.74, 6) is -0.0698. The standard InChI is InChI=1S/C31H31N3O5S/c1-21-20-29(33-28-12-6-5-9-25(21)28)22(17-19-34-30(35)26-10-3-4-11-27(26)31(34)36)8-7-18-32-40(37,38)24-15-13-23(39-2)14-16-24/h3-6,9-16,20,22,32H,7-8,17-19H2,1-2H3.